The predicted molar refractivity (Wildman–Crippen MR) is 46.0 cm³/mol. The Morgan fingerprint density at radius 2 is 2.42 bits per heavy atom. The molecule has 3 heteroatoms. The van der Waals surface area contributed by atoms with Gasteiger partial charge in [0.1, 0.15) is 0 Å². The summed E-state index contributed by atoms with van der Waals surface area (Å²) >= 11 is 0. The van der Waals surface area contributed by atoms with Crippen molar-refractivity contribution < 1.29 is 9.90 Å². The molecule has 0 saturated carbocycles. The van der Waals surface area contributed by atoms with Crippen LogP contribution < -0.4 is 0 Å². The van der Waals surface area contributed by atoms with Gasteiger partial charge in [-0.05, 0) is 24.6 Å². The van der Waals surface area contributed by atoms with Crippen LogP contribution >= 0.6 is 0 Å². The molecule has 0 aliphatic carbocycles. The number of pyridine rings is 1. The summed E-state index contributed by atoms with van der Waals surface area (Å²) in [5, 5.41) is 8.79. The number of aryl methyl sites for hydroxylation is 1. The number of aromatic carboxylic acids is 1. The monoisotopic (exact) mass is 163 g/mol. The molecule has 0 fully saturated rings. The third-order valence-corrected chi connectivity index (χ3v) is 1.60. The summed E-state index contributed by atoms with van der Waals surface area (Å²) in [5.41, 5.74) is 1.35. The number of rotatable bonds is 2. The fourth-order valence-electron chi connectivity index (χ4n) is 1.01. The summed E-state index contributed by atoms with van der Waals surface area (Å²) in [7, 11) is 0. The average Bonchev–Trinajstić information content (AvgIpc) is 2.03. The van der Waals surface area contributed by atoms with Crippen molar-refractivity contribution in [3.8, 4) is 0 Å². The number of carbonyl (C=O) groups is 1. The van der Waals surface area contributed by atoms with E-state index in [1.54, 1.807) is 19.2 Å². The molecule has 0 unspecified atom stereocenters. The van der Waals surface area contributed by atoms with Crippen LogP contribution in [0.25, 0.3) is 6.08 Å². The van der Waals surface area contributed by atoms with Crippen LogP contribution in [0.4, 0.5) is 0 Å². The third kappa shape index (κ3) is 1.34. The molecule has 1 aromatic heterocycles. The van der Waals surface area contributed by atoms with Gasteiger partial charge in [-0.2, -0.15) is 0 Å². The van der Waals surface area contributed by atoms with Crippen LogP contribution in [-0.2, 0) is 0 Å². The van der Waals surface area contributed by atoms with E-state index >= 15 is 0 Å². The quantitative estimate of drug-likeness (QED) is 0.722. The molecule has 1 heterocycles. The first-order valence-electron chi connectivity index (χ1n) is 3.48. The van der Waals surface area contributed by atoms with Crippen molar-refractivity contribution in [2.45, 2.75) is 6.92 Å². The lowest BCUT2D eigenvalue weighted by atomic mass is 10.1. The molecule has 0 amide bonds. The van der Waals surface area contributed by atoms with Gasteiger partial charge in [-0.25, -0.2) is 4.79 Å². The second-order valence-electron chi connectivity index (χ2n) is 2.40. The zero-order valence-electron chi connectivity index (χ0n) is 6.74. The molecule has 12 heavy (non-hydrogen) atoms. The number of carboxylic acid groups (broad SMARTS) is 1. The number of aromatic nitrogens is 1. The maximum absolute atomic E-state index is 10.7. The molecule has 62 valence electrons. The Bertz CT molecular complexity index is 331. The van der Waals surface area contributed by atoms with Crippen LogP contribution in [0.1, 0.15) is 21.6 Å². The normalized spacial score (nSPS) is 9.42. The summed E-state index contributed by atoms with van der Waals surface area (Å²) in [6, 6.07) is 1.66. The molecule has 1 N–H and O–H groups in total. The van der Waals surface area contributed by atoms with E-state index < -0.39 is 5.97 Å². The Labute approximate surface area is 70.4 Å². The minimum absolute atomic E-state index is 0.229. The largest absolute Gasteiger partial charge is 0.478 e. The Balaban J connectivity index is 3.39. The zero-order valence-corrected chi connectivity index (χ0v) is 6.74. The predicted octanol–water partition coefficient (Wildman–Crippen LogP) is 1.73. The molecule has 0 saturated heterocycles. The van der Waals surface area contributed by atoms with E-state index in [0.717, 1.165) is 0 Å². The lowest BCUT2D eigenvalue weighted by Gasteiger charge is -2.02. The summed E-state index contributed by atoms with van der Waals surface area (Å²) in [4.78, 5) is 14.6. The van der Waals surface area contributed by atoms with Gasteiger partial charge in [0, 0.05) is 6.20 Å². The van der Waals surface area contributed by atoms with Crippen molar-refractivity contribution >= 4 is 12.0 Å². The summed E-state index contributed by atoms with van der Waals surface area (Å²) in [5.74, 6) is -0.962. The maximum Gasteiger partial charge on any atom is 0.338 e. The number of carboxylic acids is 1. The summed E-state index contributed by atoms with van der Waals surface area (Å²) in [6.45, 7) is 5.22. The van der Waals surface area contributed by atoms with E-state index in [1.807, 2.05) is 0 Å². The van der Waals surface area contributed by atoms with E-state index in [4.69, 9.17) is 5.11 Å². The van der Waals surface area contributed by atoms with E-state index in [-0.39, 0.29) is 5.56 Å². The highest BCUT2D eigenvalue weighted by Crippen LogP contribution is 2.11. The highest BCUT2D eigenvalue weighted by atomic mass is 16.4. The van der Waals surface area contributed by atoms with Crippen molar-refractivity contribution in [1.82, 2.24) is 4.98 Å². The number of hydrogen-bond donors (Lipinski definition) is 1. The summed E-state index contributed by atoms with van der Waals surface area (Å²) in [6.07, 6.45) is 3.01. The molecule has 0 atom stereocenters. The molecule has 1 aromatic rings. The molecule has 0 aliphatic rings. The van der Waals surface area contributed by atoms with Crippen LogP contribution in [0.5, 0.6) is 0 Å². The number of nitrogens with zero attached hydrogens (tertiary/aromatic N) is 1. The first-order chi connectivity index (χ1) is 5.66. The first-order valence-corrected chi connectivity index (χ1v) is 3.48. The second-order valence-corrected chi connectivity index (χ2v) is 2.40. The standard InChI is InChI=1S/C9H9NO2/c1-3-7-8(9(11)12)6(2)4-5-10-7/h3-5H,1H2,2H3,(H,11,12). The SMILES string of the molecule is C=Cc1nccc(C)c1C(=O)O. The minimum Gasteiger partial charge on any atom is -0.478 e. The molecular formula is C9H9NO2. The van der Waals surface area contributed by atoms with E-state index in [9.17, 15) is 4.79 Å². The molecule has 0 bridgehead atoms. The highest BCUT2D eigenvalue weighted by molar-refractivity contribution is 5.92. The van der Waals surface area contributed by atoms with Crippen molar-refractivity contribution in [2.75, 3.05) is 0 Å². The molecule has 0 spiro atoms. The summed E-state index contributed by atoms with van der Waals surface area (Å²) < 4.78 is 0. The Morgan fingerprint density at radius 1 is 1.75 bits per heavy atom. The van der Waals surface area contributed by atoms with Gasteiger partial charge in [-0.3, -0.25) is 4.98 Å². The molecule has 1 rings (SSSR count). The molecule has 3 nitrogen and oxygen atoms in total. The van der Waals surface area contributed by atoms with Gasteiger partial charge in [0.05, 0.1) is 11.3 Å². The molecule has 0 radical (unpaired) electrons. The van der Waals surface area contributed by atoms with Crippen LogP contribution in [0.3, 0.4) is 0 Å². The van der Waals surface area contributed by atoms with Gasteiger partial charge >= 0.3 is 5.97 Å². The van der Waals surface area contributed by atoms with E-state index in [0.29, 0.717) is 11.3 Å². The van der Waals surface area contributed by atoms with Gasteiger partial charge < -0.3 is 5.11 Å². The fraction of sp³-hybridized carbons (Fsp3) is 0.111. The van der Waals surface area contributed by atoms with Crippen molar-refractivity contribution in [3.63, 3.8) is 0 Å². The van der Waals surface area contributed by atoms with E-state index in [2.05, 4.69) is 11.6 Å². The fourth-order valence-corrected chi connectivity index (χ4v) is 1.01. The van der Waals surface area contributed by atoms with Crippen LogP contribution in [0, 0.1) is 6.92 Å². The molecular weight excluding hydrogens is 154 g/mol. The van der Waals surface area contributed by atoms with Crippen LogP contribution in [-0.4, -0.2) is 16.1 Å². The highest BCUT2D eigenvalue weighted by Gasteiger charge is 2.10. The van der Waals surface area contributed by atoms with Gasteiger partial charge in [-0.15, -0.1) is 0 Å². The Hall–Kier alpha value is -1.64. The van der Waals surface area contributed by atoms with Gasteiger partial charge in [0.15, 0.2) is 0 Å². The smallest absolute Gasteiger partial charge is 0.338 e. The van der Waals surface area contributed by atoms with Crippen LogP contribution in [0.2, 0.25) is 0 Å². The van der Waals surface area contributed by atoms with Gasteiger partial charge in [0.25, 0.3) is 0 Å². The first kappa shape index (κ1) is 8.46. The van der Waals surface area contributed by atoms with Crippen molar-refractivity contribution in [3.05, 3.63) is 35.7 Å². The Kier molecular flexibility index (Phi) is 2.24. The average molecular weight is 163 g/mol. The van der Waals surface area contributed by atoms with Crippen molar-refractivity contribution in [1.29, 1.82) is 0 Å². The van der Waals surface area contributed by atoms with E-state index in [1.165, 1.54) is 6.08 Å². The molecule has 0 aliphatic heterocycles. The third-order valence-electron chi connectivity index (χ3n) is 1.60. The number of hydrogen-bond acceptors (Lipinski definition) is 2. The maximum atomic E-state index is 10.7. The topological polar surface area (TPSA) is 50.2 Å². The second kappa shape index (κ2) is 3.17. The molecule has 0 aromatic carbocycles. The van der Waals surface area contributed by atoms with Gasteiger partial charge in [-0.1, -0.05) is 6.58 Å². The van der Waals surface area contributed by atoms with Crippen molar-refractivity contribution in [2.24, 2.45) is 0 Å². The van der Waals surface area contributed by atoms with Gasteiger partial charge in [0.2, 0.25) is 0 Å². The zero-order chi connectivity index (χ0) is 9.14. The Morgan fingerprint density at radius 3 is 2.83 bits per heavy atom. The lowest BCUT2D eigenvalue weighted by molar-refractivity contribution is 0.0695. The lowest BCUT2D eigenvalue weighted by Crippen LogP contribution is -2.04. The van der Waals surface area contributed by atoms with Crippen LogP contribution in [0.15, 0.2) is 18.8 Å². The minimum atomic E-state index is -0.962.